The van der Waals surface area contributed by atoms with Crippen LogP contribution >= 0.6 is 0 Å². The van der Waals surface area contributed by atoms with Crippen LogP contribution in [-0.2, 0) is 0 Å². The van der Waals surface area contributed by atoms with Crippen LogP contribution in [0.3, 0.4) is 0 Å². The molecular weight excluding hydrogens is 272 g/mol. The summed E-state index contributed by atoms with van der Waals surface area (Å²) in [5.41, 5.74) is 4.73. The lowest BCUT2D eigenvalue weighted by Gasteiger charge is -2.23. The van der Waals surface area contributed by atoms with Gasteiger partial charge in [0.2, 0.25) is 0 Å². The maximum Gasteiger partial charge on any atom is 0.0789 e. The van der Waals surface area contributed by atoms with Crippen LogP contribution in [0, 0.1) is 5.92 Å². The first-order chi connectivity index (χ1) is 10.4. The van der Waals surface area contributed by atoms with Gasteiger partial charge in [0.25, 0.3) is 0 Å². The van der Waals surface area contributed by atoms with E-state index < -0.39 is 6.10 Å². The van der Waals surface area contributed by atoms with Crippen molar-refractivity contribution in [2.45, 2.75) is 65.4 Å². The van der Waals surface area contributed by atoms with E-state index in [1.165, 1.54) is 16.7 Å². The van der Waals surface area contributed by atoms with Gasteiger partial charge in [0.1, 0.15) is 0 Å². The van der Waals surface area contributed by atoms with Gasteiger partial charge in [0, 0.05) is 5.92 Å². The topological polar surface area (TPSA) is 40.5 Å². The van der Waals surface area contributed by atoms with Crippen LogP contribution in [0.1, 0.15) is 59.3 Å². The van der Waals surface area contributed by atoms with Gasteiger partial charge in [0.05, 0.1) is 12.7 Å². The van der Waals surface area contributed by atoms with E-state index in [0.717, 1.165) is 44.1 Å². The molecule has 124 valence electrons. The lowest BCUT2D eigenvalue weighted by molar-refractivity contribution is 0.155. The molecule has 0 aromatic heterocycles. The molecule has 0 amide bonds. The van der Waals surface area contributed by atoms with Crippen LogP contribution in [0.5, 0.6) is 0 Å². The number of hydrogen-bond acceptors (Lipinski definition) is 2. The molecular formula is C20H32O2. The number of hydrogen-bond donors (Lipinski definition) is 2. The van der Waals surface area contributed by atoms with Gasteiger partial charge >= 0.3 is 0 Å². The molecule has 22 heavy (non-hydrogen) atoms. The van der Waals surface area contributed by atoms with Crippen molar-refractivity contribution >= 4 is 0 Å². The van der Waals surface area contributed by atoms with Crippen molar-refractivity contribution in [3.63, 3.8) is 0 Å². The highest BCUT2D eigenvalue weighted by Crippen LogP contribution is 2.25. The quantitative estimate of drug-likeness (QED) is 0.726. The van der Waals surface area contributed by atoms with Gasteiger partial charge < -0.3 is 10.2 Å². The van der Waals surface area contributed by atoms with E-state index in [1.807, 2.05) is 6.08 Å². The van der Waals surface area contributed by atoms with Crippen molar-refractivity contribution in [1.82, 2.24) is 0 Å². The molecule has 2 heteroatoms. The molecule has 0 aromatic carbocycles. The Morgan fingerprint density at radius 3 is 2.18 bits per heavy atom. The number of aliphatic hydroxyl groups is 2. The lowest BCUT2D eigenvalue weighted by atomic mass is 9.87. The second-order valence-electron chi connectivity index (χ2n) is 6.64. The predicted octanol–water partition coefficient (Wildman–Crippen LogP) is 4.71. The third kappa shape index (κ3) is 6.76. The van der Waals surface area contributed by atoms with Crippen LogP contribution in [0.15, 0.2) is 47.1 Å². The first-order valence-electron chi connectivity index (χ1n) is 8.39. The van der Waals surface area contributed by atoms with E-state index in [1.54, 1.807) is 0 Å². The Bertz CT molecular complexity index is 454. The summed E-state index contributed by atoms with van der Waals surface area (Å²) in [5.74, 6) is -0.0662. The molecule has 1 aliphatic rings. The zero-order valence-electron chi connectivity index (χ0n) is 14.4. The Morgan fingerprint density at radius 1 is 1.05 bits per heavy atom. The average molecular weight is 304 g/mol. The zero-order chi connectivity index (χ0) is 16.5. The second kappa shape index (κ2) is 9.81. The summed E-state index contributed by atoms with van der Waals surface area (Å²) in [6.07, 6.45) is 12.0. The van der Waals surface area contributed by atoms with Crippen molar-refractivity contribution < 1.29 is 10.2 Å². The standard InChI is InChI=1S/C20H32O2/c1-15-7-5-9-16(2)11-12-19(18(4)14-21)20(22)13-17(3)10-6-8-15/h8-9,13,19-22H,4-7,10-12,14H2,1-3H3/b15-8-,16-9+,17-13+/t19-,20+/m0/s1. The molecule has 0 spiro atoms. The molecule has 0 unspecified atom stereocenters. The fourth-order valence-corrected chi connectivity index (χ4v) is 2.90. The molecule has 1 aliphatic carbocycles. The Kier molecular flexibility index (Phi) is 8.44. The largest absolute Gasteiger partial charge is 0.392 e. The minimum Gasteiger partial charge on any atom is -0.392 e. The summed E-state index contributed by atoms with van der Waals surface area (Å²) in [4.78, 5) is 0. The Morgan fingerprint density at radius 2 is 1.59 bits per heavy atom. The lowest BCUT2D eigenvalue weighted by Crippen LogP contribution is -2.22. The summed E-state index contributed by atoms with van der Waals surface area (Å²) >= 11 is 0. The number of aliphatic hydroxyl groups excluding tert-OH is 2. The Balaban J connectivity index is 2.93. The molecule has 2 atom stereocenters. The fraction of sp³-hybridized carbons (Fsp3) is 0.600. The molecule has 0 radical (unpaired) electrons. The number of rotatable bonds is 2. The highest BCUT2D eigenvalue weighted by atomic mass is 16.3. The third-order valence-electron chi connectivity index (χ3n) is 4.51. The maximum atomic E-state index is 10.5. The molecule has 0 heterocycles. The van der Waals surface area contributed by atoms with Crippen LogP contribution in [0.25, 0.3) is 0 Å². The van der Waals surface area contributed by atoms with Crippen molar-refractivity contribution in [3.8, 4) is 0 Å². The number of allylic oxidation sites excluding steroid dienone is 5. The zero-order valence-corrected chi connectivity index (χ0v) is 14.4. The van der Waals surface area contributed by atoms with Gasteiger partial charge in [-0.15, -0.1) is 0 Å². The van der Waals surface area contributed by atoms with Gasteiger partial charge in [-0.05, 0) is 64.9 Å². The fourth-order valence-electron chi connectivity index (χ4n) is 2.90. The van der Waals surface area contributed by atoms with E-state index >= 15 is 0 Å². The first kappa shape index (κ1) is 18.9. The van der Waals surface area contributed by atoms with E-state index in [0.29, 0.717) is 0 Å². The molecule has 1 rings (SSSR count). The molecule has 0 aliphatic heterocycles. The van der Waals surface area contributed by atoms with Gasteiger partial charge in [-0.3, -0.25) is 0 Å². The van der Waals surface area contributed by atoms with Crippen LogP contribution in [0.2, 0.25) is 0 Å². The minimum absolute atomic E-state index is 0.0562. The van der Waals surface area contributed by atoms with Crippen molar-refractivity contribution in [3.05, 3.63) is 47.1 Å². The summed E-state index contributed by atoms with van der Waals surface area (Å²) in [6, 6.07) is 0. The summed E-state index contributed by atoms with van der Waals surface area (Å²) in [7, 11) is 0. The van der Waals surface area contributed by atoms with Crippen LogP contribution in [-0.4, -0.2) is 22.9 Å². The smallest absolute Gasteiger partial charge is 0.0789 e. The Labute approximate surface area is 135 Å². The molecule has 0 fully saturated rings. The van der Waals surface area contributed by atoms with Crippen LogP contribution < -0.4 is 0 Å². The molecule has 0 aromatic rings. The molecule has 0 saturated heterocycles. The minimum atomic E-state index is -0.555. The van der Waals surface area contributed by atoms with Gasteiger partial charge in [-0.1, -0.05) is 41.5 Å². The summed E-state index contributed by atoms with van der Waals surface area (Å²) in [6.45, 7) is 10.3. The van der Waals surface area contributed by atoms with Gasteiger partial charge in [0.15, 0.2) is 0 Å². The van der Waals surface area contributed by atoms with E-state index in [-0.39, 0.29) is 12.5 Å². The van der Waals surface area contributed by atoms with E-state index in [9.17, 15) is 10.2 Å². The van der Waals surface area contributed by atoms with E-state index in [4.69, 9.17) is 0 Å². The van der Waals surface area contributed by atoms with Crippen molar-refractivity contribution in [1.29, 1.82) is 0 Å². The third-order valence-corrected chi connectivity index (χ3v) is 4.51. The second-order valence-corrected chi connectivity index (χ2v) is 6.64. The normalized spacial score (nSPS) is 32.7. The van der Waals surface area contributed by atoms with Gasteiger partial charge in [-0.25, -0.2) is 0 Å². The highest BCUT2D eigenvalue weighted by Gasteiger charge is 2.20. The molecule has 0 bridgehead atoms. The summed E-state index contributed by atoms with van der Waals surface area (Å²) in [5, 5.41) is 19.9. The van der Waals surface area contributed by atoms with E-state index in [2.05, 4.69) is 39.5 Å². The van der Waals surface area contributed by atoms with Crippen LogP contribution in [0.4, 0.5) is 0 Å². The Hall–Kier alpha value is -1.12. The first-order valence-corrected chi connectivity index (χ1v) is 8.39. The molecule has 2 N–H and O–H groups in total. The SMILES string of the molecule is C=C(CO)[C@@H]1CC/C(C)=C/CC/C(C)=C\CC/C(C)=C/[C@H]1O. The monoisotopic (exact) mass is 304 g/mol. The van der Waals surface area contributed by atoms with Crippen molar-refractivity contribution in [2.75, 3.05) is 6.61 Å². The maximum absolute atomic E-state index is 10.5. The molecule has 0 saturated carbocycles. The average Bonchev–Trinajstić information content (AvgIpc) is 2.46. The predicted molar refractivity (Wildman–Crippen MR) is 94.7 cm³/mol. The van der Waals surface area contributed by atoms with Crippen molar-refractivity contribution in [2.24, 2.45) is 5.92 Å². The highest BCUT2D eigenvalue weighted by molar-refractivity contribution is 5.14. The van der Waals surface area contributed by atoms with Gasteiger partial charge in [-0.2, -0.15) is 0 Å². The molecule has 2 nitrogen and oxygen atoms in total. The summed E-state index contributed by atoms with van der Waals surface area (Å²) < 4.78 is 0.